The number of ether oxygens (including phenoxy) is 1. The molecule has 0 bridgehead atoms. The number of hydrogen-bond acceptors (Lipinski definition) is 5. The molecule has 0 amide bonds. The molecule has 1 aromatic rings. The van der Waals surface area contributed by atoms with Crippen LogP contribution in [0.25, 0.3) is 0 Å². The van der Waals surface area contributed by atoms with E-state index in [2.05, 4.69) is 20.1 Å². The first-order valence-electron chi connectivity index (χ1n) is 4.51. The lowest BCUT2D eigenvalue weighted by molar-refractivity contribution is 0.0576. The molecule has 1 saturated heterocycles. The third kappa shape index (κ3) is 2.27. The molecule has 0 radical (unpaired) electrons. The minimum atomic E-state index is -0.436. The molecule has 0 aromatic carbocycles. The Morgan fingerprint density at radius 3 is 3.13 bits per heavy atom. The molecule has 0 saturated carbocycles. The number of rotatable bonds is 2. The molecule has 1 fully saturated rings. The lowest BCUT2D eigenvalue weighted by Crippen LogP contribution is -2.20. The quantitative estimate of drug-likeness (QED) is 0.729. The maximum absolute atomic E-state index is 11.3. The van der Waals surface area contributed by atoms with Gasteiger partial charge in [-0.05, 0) is 13.0 Å². The summed E-state index contributed by atoms with van der Waals surface area (Å²) in [6, 6.07) is 0.214. The zero-order chi connectivity index (χ0) is 9.97. The maximum Gasteiger partial charge on any atom is 0.375 e. The van der Waals surface area contributed by atoms with E-state index in [1.807, 2.05) is 0 Å². The third-order valence-corrected chi connectivity index (χ3v) is 2.32. The number of nitrogens with zero attached hydrogens (tertiary/aromatic N) is 3. The van der Waals surface area contributed by atoms with Crippen LogP contribution < -0.4 is 5.32 Å². The summed E-state index contributed by atoms with van der Waals surface area (Å²) in [6.45, 7) is 1.78. The highest BCUT2D eigenvalue weighted by molar-refractivity contribution is 5.85. The van der Waals surface area contributed by atoms with Gasteiger partial charge in [0.25, 0.3) is 0 Å². The average Bonchev–Trinajstić information content (AvgIpc) is 2.85. The zero-order valence-corrected chi connectivity index (χ0v) is 9.16. The molecule has 1 aliphatic rings. The van der Waals surface area contributed by atoms with Gasteiger partial charge in [-0.2, -0.15) is 5.10 Å². The number of hydrogen-bond donors (Lipinski definition) is 1. The molecular weight excluding hydrogens is 220 g/mol. The van der Waals surface area contributed by atoms with Crippen LogP contribution in [0.15, 0.2) is 6.33 Å². The van der Waals surface area contributed by atoms with E-state index >= 15 is 0 Å². The normalized spacial score (nSPS) is 19.7. The molecule has 1 unspecified atom stereocenters. The van der Waals surface area contributed by atoms with E-state index in [0.29, 0.717) is 0 Å². The van der Waals surface area contributed by atoms with E-state index in [4.69, 9.17) is 0 Å². The predicted octanol–water partition coefficient (Wildman–Crippen LogP) is 0.0209. The van der Waals surface area contributed by atoms with Crippen molar-refractivity contribution < 1.29 is 9.53 Å². The van der Waals surface area contributed by atoms with Gasteiger partial charge in [0.05, 0.1) is 13.2 Å². The van der Waals surface area contributed by atoms with Gasteiger partial charge in [-0.15, -0.1) is 12.4 Å². The van der Waals surface area contributed by atoms with E-state index in [0.717, 1.165) is 19.5 Å². The van der Waals surface area contributed by atoms with Gasteiger partial charge < -0.3 is 10.1 Å². The summed E-state index contributed by atoms with van der Waals surface area (Å²) in [6.07, 6.45) is 2.35. The van der Waals surface area contributed by atoms with Gasteiger partial charge in [0.1, 0.15) is 6.33 Å². The molecule has 1 N–H and O–H groups in total. The Labute approximate surface area is 93.4 Å². The first-order chi connectivity index (χ1) is 6.83. The molecule has 7 heteroatoms. The summed E-state index contributed by atoms with van der Waals surface area (Å²) in [5.41, 5.74) is 0. The molecule has 1 atom stereocenters. The minimum Gasteiger partial charge on any atom is -0.463 e. The van der Waals surface area contributed by atoms with Crippen molar-refractivity contribution in [3.63, 3.8) is 0 Å². The number of halogens is 1. The topological polar surface area (TPSA) is 69.0 Å². The van der Waals surface area contributed by atoms with Crippen molar-refractivity contribution in [3.8, 4) is 0 Å². The Morgan fingerprint density at radius 1 is 1.73 bits per heavy atom. The third-order valence-electron chi connectivity index (χ3n) is 2.32. The van der Waals surface area contributed by atoms with Gasteiger partial charge in [-0.25, -0.2) is 14.5 Å². The van der Waals surface area contributed by atoms with E-state index in [-0.39, 0.29) is 24.3 Å². The minimum absolute atomic E-state index is 0. The van der Waals surface area contributed by atoms with E-state index in [1.54, 1.807) is 4.68 Å². The first-order valence-corrected chi connectivity index (χ1v) is 4.51. The van der Waals surface area contributed by atoms with Crippen LogP contribution in [0.1, 0.15) is 23.1 Å². The maximum atomic E-state index is 11.3. The fourth-order valence-electron chi connectivity index (χ4n) is 1.60. The fourth-order valence-corrected chi connectivity index (χ4v) is 1.60. The van der Waals surface area contributed by atoms with Gasteiger partial charge in [-0.1, -0.05) is 0 Å². The van der Waals surface area contributed by atoms with Gasteiger partial charge in [0.2, 0.25) is 5.82 Å². The smallest absolute Gasteiger partial charge is 0.375 e. The summed E-state index contributed by atoms with van der Waals surface area (Å²) in [4.78, 5) is 15.2. The van der Waals surface area contributed by atoms with Crippen LogP contribution in [0.3, 0.4) is 0 Å². The van der Waals surface area contributed by atoms with E-state index in [9.17, 15) is 4.79 Å². The molecule has 1 aliphatic heterocycles. The molecule has 0 aliphatic carbocycles. The predicted molar refractivity (Wildman–Crippen MR) is 55.1 cm³/mol. The van der Waals surface area contributed by atoms with Crippen molar-refractivity contribution in [3.05, 3.63) is 12.2 Å². The number of carbonyl (C=O) groups excluding carboxylic acids is 1. The number of esters is 1. The summed E-state index contributed by atoms with van der Waals surface area (Å²) < 4.78 is 6.24. The molecule has 15 heavy (non-hydrogen) atoms. The van der Waals surface area contributed by atoms with Crippen LogP contribution in [-0.4, -0.2) is 40.9 Å². The zero-order valence-electron chi connectivity index (χ0n) is 8.34. The van der Waals surface area contributed by atoms with E-state index < -0.39 is 5.97 Å². The van der Waals surface area contributed by atoms with E-state index in [1.165, 1.54) is 13.4 Å². The largest absolute Gasteiger partial charge is 0.463 e. The Balaban J connectivity index is 0.00000112. The van der Waals surface area contributed by atoms with Gasteiger partial charge in [0, 0.05) is 6.54 Å². The Hall–Kier alpha value is -1.14. The molecule has 2 heterocycles. The van der Waals surface area contributed by atoms with Crippen LogP contribution in [-0.2, 0) is 4.74 Å². The van der Waals surface area contributed by atoms with Crippen LogP contribution in [0.2, 0.25) is 0 Å². The van der Waals surface area contributed by atoms with Gasteiger partial charge >= 0.3 is 5.97 Å². The second-order valence-corrected chi connectivity index (χ2v) is 3.17. The molecule has 84 valence electrons. The van der Waals surface area contributed by atoms with Crippen LogP contribution in [0.4, 0.5) is 0 Å². The lowest BCUT2D eigenvalue weighted by atomic mass is 10.3. The lowest BCUT2D eigenvalue weighted by Gasteiger charge is -2.10. The summed E-state index contributed by atoms with van der Waals surface area (Å²) in [5, 5.41) is 7.24. The highest BCUT2D eigenvalue weighted by Crippen LogP contribution is 2.15. The first kappa shape index (κ1) is 11.9. The Bertz CT molecular complexity index is 335. The van der Waals surface area contributed by atoms with Crippen molar-refractivity contribution in [2.75, 3.05) is 20.2 Å². The van der Waals surface area contributed by atoms with Crippen LogP contribution in [0, 0.1) is 0 Å². The van der Waals surface area contributed by atoms with Crippen molar-refractivity contribution in [2.45, 2.75) is 12.5 Å². The number of methoxy groups -OCH3 is 1. The van der Waals surface area contributed by atoms with Crippen molar-refractivity contribution in [1.82, 2.24) is 20.1 Å². The van der Waals surface area contributed by atoms with Crippen molar-refractivity contribution >= 4 is 18.4 Å². The highest BCUT2D eigenvalue weighted by atomic mass is 35.5. The summed E-state index contributed by atoms with van der Waals surface area (Å²) in [5.74, 6) is -0.157. The monoisotopic (exact) mass is 232 g/mol. The van der Waals surface area contributed by atoms with Crippen LogP contribution >= 0.6 is 12.4 Å². The second-order valence-electron chi connectivity index (χ2n) is 3.17. The highest BCUT2D eigenvalue weighted by Gasteiger charge is 2.23. The summed E-state index contributed by atoms with van der Waals surface area (Å²) in [7, 11) is 1.34. The molecule has 1 aromatic heterocycles. The number of aromatic nitrogens is 3. The Kier molecular flexibility index (Phi) is 4.05. The van der Waals surface area contributed by atoms with Crippen LogP contribution in [0.5, 0.6) is 0 Å². The van der Waals surface area contributed by atoms with Gasteiger partial charge in [-0.3, -0.25) is 0 Å². The van der Waals surface area contributed by atoms with Crippen molar-refractivity contribution in [1.29, 1.82) is 0 Å². The number of carbonyl (C=O) groups is 1. The Morgan fingerprint density at radius 2 is 2.53 bits per heavy atom. The summed E-state index contributed by atoms with van der Waals surface area (Å²) >= 11 is 0. The molecule has 6 nitrogen and oxygen atoms in total. The van der Waals surface area contributed by atoms with Gasteiger partial charge in [0.15, 0.2) is 0 Å². The average molecular weight is 233 g/mol. The number of nitrogens with one attached hydrogen (secondary N) is 1. The second kappa shape index (κ2) is 5.09. The standard InChI is InChI=1S/C8H12N4O2.ClH/c1-14-8(13)7-10-5-11-12(7)6-2-3-9-4-6;/h5-6,9H,2-4H2,1H3;1H. The SMILES string of the molecule is COC(=O)c1ncnn1C1CCNC1.Cl. The molecule has 0 spiro atoms. The fraction of sp³-hybridized carbons (Fsp3) is 0.625. The van der Waals surface area contributed by atoms with Crippen molar-refractivity contribution in [2.24, 2.45) is 0 Å². The molecular formula is C8H13ClN4O2. The molecule has 2 rings (SSSR count).